The molecule has 1 unspecified atom stereocenters. The summed E-state index contributed by atoms with van der Waals surface area (Å²) < 4.78 is 5.28. The van der Waals surface area contributed by atoms with Crippen LogP contribution in [0.4, 0.5) is 0 Å². The predicted molar refractivity (Wildman–Crippen MR) is 128 cm³/mol. The summed E-state index contributed by atoms with van der Waals surface area (Å²) in [5, 5.41) is 9.56. The van der Waals surface area contributed by atoms with Gasteiger partial charge in [-0.25, -0.2) is 0 Å². The lowest BCUT2D eigenvalue weighted by molar-refractivity contribution is 0.0746. The molecule has 3 saturated carbocycles. The molecule has 0 radical (unpaired) electrons. The zero-order valence-corrected chi connectivity index (χ0v) is 20.3. The Kier molecular flexibility index (Phi) is 11.0. The van der Waals surface area contributed by atoms with Gasteiger partial charge in [0.2, 0.25) is 0 Å². The number of unbranched alkanes of at least 4 members (excludes halogenated alkanes) is 2. The highest BCUT2D eigenvalue weighted by Gasteiger charge is 2.34. The topological polar surface area (TPSA) is 29.5 Å². The summed E-state index contributed by atoms with van der Waals surface area (Å²) in [6.45, 7) is 3.34. The Morgan fingerprint density at radius 1 is 0.700 bits per heavy atom. The molecule has 3 aliphatic carbocycles. The molecule has 0 bridgehead atoms. The number of ether oxygens (including phenoxy) is 1. The van der Waals surface area contributed by atoms with Gasteiger partial charge in [0.15, 0.2) is 0 Å². The fraction of sp³-hybridized carbons (Fsp3) is 1.00. The van der Waals surface area contributed by atoms with Crippen LogP contribution in [0.25, 0.3) is 0 Å². The first-order chi connectivity index (χ1) is 14.7. The van der Waals surface area contributed by atoms with Crippen molar-refractivity contribution >= 4 is 0 Å². The van der Waals surface area contributed by atoms with Crippen molar-refractivity contribution in [1.82, 2.24) is 0 Å². The standard InChI is InChI=1S/C28H52O2/c1-3-4-5-6-22-7-11-25(12-8-22)27-15-17-28(18-16-27)26-13-9-23(10-14-26)19-24(20-29)21-30-2/h22-29H,3-21H2,1-2H3. The maximum atomic E-state index is 9.56. The molecule has 0 amide bonds. The zero-order valence-electron chi connectivity index (χ0n) is 20.3. The minimum Gasteiger partial charge on any atom is -0.396 e. The fourth-order valence-corrected chi connectivity index (χ4v) is 7.52. The van der Waals surface area contributed by atoms with Crippen molar-refractivity contribution in [1.29, 1.82) is 0 Å². The van der Waals surface area contributed by atoms with Crippen molar-refractivity contribution in [2.24, 2.45) is 41.4 Å². The third-order valence-corrected chi connectivity index (χ3v) is 9.48. The van der Waals surface area contributed by atoms with Gasteiger partial charge < -0.3 is 9.84 Å². The van der Waals surface area contributed by atoms with Crippen LogP contribution in [-0.2, 0) is 4.74 Å². The van der Waals surface area contributed by atoms with Crippen LogP contribution >= 0.6 is 0 Å². The van der Waals surface area contributed by atoms with Gasteiger partial charge in [-0.1, -0.05) is 58.3 Å². The molecular formula is C28H52O2. The van der Waals surface area contributed by atoms with E-state index in [0.717, 1.165) is 42.1 Å². The zero-order chi connectivity index (χ0) is 21.2. The lowest BCUT2D eigenvalue weighted by Crippen LogP contribution is -2.30. The van der Waals surface area contributed by atoms with Gasteiger partial charge in [0, 0.05) is 19.6 Å². The van der Waals surface area contributed by atoms with Crippen LogP contribution in [0, 0.1) is 41.4 Å². The third kappa shape index (κ3) is 7.51. The average Bonchev–Trinajstić information content (AvgIpc) is 2.80. The van der Waals surface area contributed by atoms with E-state index in [0.29, 0.717) is 12.5 Å². The minimum atomic E-state index is 0.290. The molecule has 1 atom stereocenters. The lowest BCUT2D eigenvalue weighted by atomic mass is 9.64. The third-order valence-electron chi connectivity index (χ3n) is 9.48. The molecule has 3 rings (SSSR count). The monoisotopic (exact) mass is 420 g/mol. The van der Waals surface area contributed by atoms with E-state index in [2.05, 4.69) is 6.92 Å². The summed E-state index contributed by atoms with van der Waals surface area (Å²) >= 11 is 0. The van der Waals surface area contributed by atoms with Crippen molar-refractivity contribution in [3.8, 4) is 0 Å². The maximum absolute atomic E-state index is 9.56. The molecule has 0 aromatic carbocycles. The van der Waals surface area contributed by atoms with Crippen LogP contribution in [0.15, 0.2) is 0 Å². The summed E-state index contributed by atoms with van der Waals surface area (Å²) in [7, 11) is 1.76. The van der Waals surface area contributed by atoms with Crippen LogP contribution in [0.3, 0.4) is 0 Å². The smallest absolute Gasteiger partial charge is 0.0512 e. The van der Waals surface area contributed by atoms with Gasteiger partial charge in [-0.15, -0.1) is 0 Å². The Balaban J connectivity index is 1.31. The second-order valence-corrected chi connectivity index (χ2v) is 11.5. The molecule has 2 heteroatoms. The molecule has 0 spiro atoms. The number of rotatable bonds is 11. The molecule has 0 heterocycles. The van der Waals surface area contributed by atoms with E-state index in [1.807, 2.05) is 0 Å². The Hall–Kier alpha value is -0.0800. The Morgan fingerprint density at radius 3 is 1.60 bits per heavy atom. The SMILES string of the molecule is CCCCCC1CCC(C2CCC(C3CCC(CC(CO)COC)CC3)CC2)CC1. The maximum Gasteiger partial charge on any atom is 0.0512 e. The number of aliphatic hydroxyl groups excluding tert-OH is 1. The second kappa shape index (κ2) is 13.5. The highest BCUT2D eigenvalue weighted by Crippen LogP contribution is 2.46. The molecule has 0 aromatic heterocycles. The molecule has 0 aromatic rings. The van der Waals surface area contributed by atoms with Gasteiger partial charge in [0.05, 0.1) is 6.61 Å². The van der Waals surface area contributed by atoms with E-state index >= 15 is 0 Å². The Labute approximate surface area is 187 Å². The average molecular weight is 421 g/mol. The molecule has 30 heavy (non-hydrogen) atoms. The van der Waals surface area contributed by atoms with Crippen LogP contribution in [-0.4, -0.2) is 25.4 Å². The molecule has 0 saturated heterocycles. The van der Waals surface area contributed by atoms with Crippen molar-refractivity contribution < 1.29 is 9.84 Å². The largest absolute Gasteiger partial charge is 0.396 e. The van der Waals surface area contributed by atoms with Crippen molar-refractivity contribution in [3.63, 3.8) is 0 Å². The highest BCUT2D eigenvalue weighted by molar-refractivity contribution is 4.86. The van der Waals surface area contributed by atoms with E-state index in [-0.39, 0.29) is 0 Å². The van der Waals surface area contributed by atoms with Crippen LogP contribution in [0.2, 0.25) is 0 Å². The molecular weight excluding hydrogens is 368 g/mol. The first-order valence-corrected chi connectivity index (χ1v) is 13.8. The van der Waals surface area contributed by atoms with Gasteiger partial charge in [-0.3, -0.25) is 0 Å². The summed E-state index contributed by atoms with van der Waals surface area (Å²) in [5.41, 5.74) is 0. The molecule has 0 aliphatic heterocycles. The lowest BCUT2D eigenvalue weighted by Gasteiger charge is -2.41. The van der Waals surface area contributed by atoms with E-state index in [9.17, 15) is 5.11 Å². The van der Waals surface area contributed by atoms with Gasteiger partial charge in [0.25, 0.3) is 0 Å². The number of hydrogen-bond donors (Lipinski definition) is 1. The van der Waals surface area contributed by atoms with E-state index in [1.165, 1.54) is 96.3 Å². The predicted octanol–water partition coefficient (Wildman–Crippen LogP) is 7.63. The Morgan fingerprint density at radius 2 is 1.17 bits per heavy atom. The van der Waals surface area contributed by atoms with E-state index < -0.39 is 0 Å². The summed E-state index contributed by atoms with van der Waals surface area (Å²) in [5.74, 6) is 6.42. The Bertz CT molecular complexity index is 426. The summed E-state index contributed by atoms with van der Waals surface area (Å²) in [6.07, 6.45) is 25.0. The molecule has 2 nitrogen and oxygen atoms in total. The highest BCUT2D eigenvalue weighted by atomic mass is 16.5. The summed E-state index contributed by atoms with van der Waals surface area (Å²) in [4.78, 5) is 0. The van der Waals surface area contributed by atoms with E-state index in [4.69, 9.17) is 4.74 Å². The quantitative estimate of drug-likeness (QED) is 0.348. The van der Waals surface area contributed by atoms with Crippen LogP contribution in [0.1, 0.15) is 116 Å². The number of methoxy groups -OCH3 is 1. The molecule has 1 N–H and O–H groups in total. The van der Waals surface area contributed by atoms with E-state index in [1.54, 1.807) is 20.0 Å². The molecule has 3 aliphatic rings. The normalized spacial score (nSPS) is 36.5. The van der Waals surface area contributed by atoms with Crippen molar-refractivity contribution in [3.05, 3.63) is 0 Å². The van der Waals surface area contributed by atoms with Crippen molar-refractivity contribution in [2.45, 2.75) is 116 Å². The second-order valence-electron chi connectivity index (χ2n) is 11.5. The number of aliphatic hydroxyl groups is 1. The summed E-state index contributed by atoms with van der Waals surface area (Å²) in [6, 6.07) is 0. The first kappa shape index (κ1) is 24.6. The van der Waals surface area contributed by atoms with Gasteiger partial charge in [-0.05, 0) is 93.3 Å². The molecule has 176 valence electrons. The fourth-order valence-electron chi connectivity index (χ4n) is 7.52. The van der Waals surface area contributed by atoms with Gasteiger partial charge in [-0.2, -0.15) is 0 Å². The van der Waals surface area contributed by atoms with Crippen molar-refractivity contribution in [2.75, 3.05) is 20.3 Å². The number of hydrogen-bond acceptors (Lipinski definition) is 2. The van der Waals surface area contributed by atoms with Gasteiger partial charge in [0.1, 0.15) is 0 Å². The van der Waals surface area contributed by atoms with Crippen LogP contribution < -0.4 is 0 Å². The van der Waals surface area contributed by atoms with Crippen LogP contribution in [0.5, 0.6) is 0 Å². The molecule has 3 fully saturated rings. The van der Waals surface area contributed by atoms with Gasteiger partial charge >= 0.3 is 0 Å². The first-order valence-electron chi connectivity index (χ1n) is 13.8. The minimum absolute atomic E-state index is 0.290.